The quantitative estimate of drug-likeness (QED) is 0.649. The summed E-state index contributed by atoms with van der Waals surface area (Å²) >= 11 is 0. The molecule has 0 radical (unpaired) electrons. The van der Waals surface area contributed by atoms with Gasteiger partial charge < -0.3 is 5.73 Å². The minimum Gasteiger partial charge on any atom is -0.330 e. The lowest BCUT2D eigenvalue weighted by Crippen LogP contribution is -2.05. The zero-order valence-electron chi connectivity index (χ0n) is 9.81. The van der Waals surface area contributed by atoms with Crippen LogP contribution in [0.3, 0.4) is 0 Å². The Hall–Kier alpha value is -1.49. The molecule has 1 fully saturated rings. The summed E-state index contributed by atoms with van der Waals surface area (Å²) in [6, 6.07) is 4.33. The van der Waals surface area contributed by atoms with Gasteiger partial charge in [0.05, 0.1) is 4.92 Å². The molecule has 0 aliphatic heterocycles. The minimum atomic E-state index is -0.716. The summed E-state index contributed by atoms with van der Waals surface area (Å²) in [6.07, 6.45) is 0. The second kappa shape index (κ2) is 3.77. The van der Waals surface area contributed by atoms with Crippen LogP contribution in [0.5, 0.6) is 0 Å². The van der Waals surface area contributed by atoms with E-state index in [1.54, 1.807) is 6.07 Å². The number of nitrogens with zero attached hydrogens (tertiary/aromatic N) is 1. The van der Waals surface area contributed by atoms with Crippen molar-refractivity contribution in [2.45, 2.75) is 19.8 Å². The molecule has 0 bridgehead atoms. The summed E-state index contributed by atoms with van der Waals surface area (Å²) in [5.74, 6) is -0.544. The monoisotopic (exact) mass is 238 g/mol. The van der Waals surface area contributed by atoms with E-state index in [0.29, 0.717) is 12.1 Å². The molecule has 0 saturated heterocycles. The van der Waals surface area contributed by atoms with Crippen LogP contribution < -0.4 is 5.73 Å². The molecule has 1 aromatic rings. The highest BCUT2D eigenvalue weighted by Crippen LogP contribution is 2.64. The molecule has 1 aliphatic rings. The van der Waals surface area contributed by atoms with Crippen LogP contribution in [0.1, 0.15) is 25.3 Å². The molecule has 2 rings (SSSR count). The van der Waals surface area contributed by atoms with Crippen LogP contribution in [-0.2, 0) is 0 Å². The summed E-state index contributed by atoms with van der Waals surface area (Å²) in [6.45, 7) is 4.49. The van der Waals surface area contributed by atoms with Crippen LogP contribution in [-0.4, -0.2) is 11.5 Å². The van der Waals surface area contributed by atoms with Crippen molar-refractivity contribution < 1.29 is 9.31 Å². The lowest BCUT2D eigenvalue weighted by atomic mass is 10.0. The molecule has 1 aliphatic carbocycles. The largest absolute Gasteiger partial charge is 0.330 e. The van der Waals surface area contributed by atoms with E-state index in [2.05, 4.69) is 0 Å². The standard InChI is InChI=1S/C12H15FN2O2/c1-12(2)8(6-14)10(12)7-4-3-5-9(11(7)13)15(16)17/h3-5,8,10H,6,14H2,1-2H3/t8-,10-/m0/s1. The lowest BCUT2D eigenvalue weighted by molar-refractivity contribution is -0.387. The Morgan fingerprint density at radius 2 is 2.18 bits per heavy atom. The van der Waals surface area contributed by atoms with E-state index in [-0.39, 0.29) is 17.3 Å². The molecule has 1 saturated carbocycles. The van der Waals surface area contributed by atoms with Crippen molar-refractivity contribution in [1.82, 2.24) is 0 Å². The van der Waals surface area contributed by atoms with Crippen molar-refractivity contribution in [2.75, 3.05) is 6.54 Å². The van der Waals surface area contributed by atoms with E-state index in [9.17, 15) is 14.5 Å². The fourth-order valence-corrected chi connectivity index (χ4v) is 2.72. The molecular formula is C12H15FN2O2. The maximum Gasteiger partial charge on any atom is 0.305 e. The number of nitro groups is 1. The third-order valence-corrected chi connectivity index (χ3v) is 3.84. The van der Waals surface area contributed by atoms with E-state index in [0.717, 1.165) is 0 Å². The van der Waals surface area contributed by atoms with Gasteiger partial charge in [-0.1, -0.05) is 26.0 Å². The van der Waals surface area contributed by atoms with Gasteiger partial charge in [-0.05, 0) is 29.4 Å². The fraction of sp³-hybridized carbons (Fsp3) is 0.500. The van der Waals surface area contributed by atoms with Gasteiger partial charge >= 0.3 is 5.69 Å². The average molecular weight is 238 g/mol. The van der Waals surface area contributed by atoms with Crippen molar-refractivity contribution in [2.24, 2.45) is 17.1 Å². The Labute approximate surface area is 98.8 Å². The van der Waals surface area contributed by atoms with Gasteiger partial charge in [0.25, 0.3) is 0 Å². The third-order valence-electron chi connectivity index (χ3n) is 3.84. The zero-order valence-corrected chi connectivity index (χ0v) is 9.81. The van der Waals surface area contributed by atoms with Crippen molar-refractivity contribution in [3.63, 3.8) is 0 Å². The van der Waals surface area contributed by atoms with Crippen LogP contribution in [0, 0.1) is 27.3 Å². The third kappa shape index (κ3) is 1.70. The predicted octanol–water partition coefficient (Wildman–Crippen LogP) is 2.43. The Balaban J connectivity index is 2.42. The Morgan fingerprint density at radius 1 is 1.53 bits per heavy atom. The maximum atomic E-state index is 14.0. The highest BCUT2D eigenvalue weighted by molar-refractivity contribution is 5.42. The van der Waals surface area contributed by atoms with Gasteiger partial charge in [0.15, 0.2) is 0 Å². The normalized spacial score (nSPS) is 25.6. The highest BCUT2D eigenvalue weighted by atomic mass is 19.1. The molecule has 4 nitrogen and oxygen atoms in total. The molecule has 0 spiro atoms. The first-order valence-corrected chi connectivity index (χ1v) is 5.54. The molecular weight excluding hydrogens is 223 g/mol. The van der Waals surface area contributed by atoms with Gasteiger partial charge in [-0.3, -0.25) is 10.1 Å². The van der Waals surface area contributed by atoms with E-state index < -0.39 is 16.4 Å². The van der Waals surface area contributed by atoms with Gasteiger partial charge in [-0.25, -0.2) is 0 Å². The second-order valence-electron chi connectivity index (χ2n) is 5.08. The summed E-state index contributed by atoms with van der Waals surface area (Å²) < 4.78 is 14.0. The molecule has 2 N–H and O–H groups in total. The second-order valence-corrected chi connectivity index (χ2v) is 5.08. The number of benzene rings is 1. The first-order chi connectivity index (χ1) is 7.91. The van der Waals surface area contributed by atoms with E-state index in [1.807, 2.05) is 13.8 Å². The van der Waals surface area contributed by atoms with Crippen molar-refractivity contribution in [3.05, 3.63) is 39.7 Å². The van der Waals surface area contributed by atoms with E-state index in [1.165, 1.54) is 12.1 Å². The Morgan fingerprint density at radius 3 is 2.65 bits per heavy atom. The zero-order chi connectivity index (χ0) is 12.8. The Kier molecular flexibility index (Phi) is 2.66. The van der Waals surface area contributed by atoms with Crippen LogP contribution in [0.25, 0.3) is 0 Å². The number of nitrogens with two attached hydrogens (primary N) is 1. The SMILES string of the molecule is CC1(C)[C@@H](CN)[C@@H]1c1cccc([N+](=O)[O-])c1F. The van der Waals surface area contributed by atoms with Crippen LogP contribution in [0.15, 0.2) is 18.2 Å². The molecule has 5 heteroatoms. The predicted molar refractivity (Wildman–Crippen MR) is 62.1 cm³/mol. The van der Waals surface area contributed by atoms with Crippen molar-refractivity contribution >= 4 is 5.69 Å². The first-order valence-electron chi connectivity index (χ1n) is 5.54. The van der Waals surface area contributed by atoms with Gasteiger partial charge in [0.1, 0.15) is 0 Å². The highest BCUT2D eigenvalue weighted by Gasteiger charge is 2.58. The number of nitro benzene ring substituents is 1. The Bertz CT molecular complexity index is 474. The van der Waals surface area contributed by atoms with Crippen LogP contribution in [0.4, 0.5) is 10.1 Å². The smallest absolute Gasteiger partial charge is 0.305 e. The summed E-state index contributed by atoms with van der Waals surface area (Å²) in [5.41, 5.74) is 5.51. The molecule has 0 heterocycles. The molecule has 2 atom stereocenters. The topological polar surface area (TPSA) is 69.2 Å². The summed E-state index contributed by atoms with van der Waals surface area (Å²) in [4.78, 5) is 9.98. The van der Waals surface area contributed by atoms with Crippen LogP contribution in [0.2, 0.25) is 0 Å². The van der Waals surface area contributed by atoms with Crippen LogP contribution >= 0.6 is 0 Å². The molecule has 17 heavy (non-hydrogen) atoms. The number of hydrogen-bond acceptors (Lipinski definition) is 3. The number of hydrogen-bond donors (Lipinski definition) is 1. The van der Waals surface area contributed by atoms with Gasteiger partial charge in [0, 0.05) is 6.07 Å². The minimum absolute atomic E-state index is 0.0209. The van der Waals surface area contributed by atoms with Crippen molar-refractivity contribution in [1.29, 1.82) is 0 Å². The fourth-order valence-electron chi connectivity index (χ4n) is 2.72. The van der Waals surface area contributed by atoms with Crippen molar-refractivity contribution in [3.8, 4) is 0 Å². The van der Waals surface area contributed by atoms with Gasteiger partial charge in [0.2, 0.25) is 5.82 Å². The molecule has 92 valence electrons. The number of halogens is 1. The molecule has 0 amide bonds. The maximum absolute atomic E-state index is 14.0. The molecule has 1 aromatic carbocycles. The summed E-state index contributed by atoms with van der Waals surface area (Å²) in [7, 11) is 0. The van der Waals surface area contributed by atoms with E-state index in [4.69, 9.17) is 5.73 Å². The number of rotatable bonds is 3. The molecule has 0 aromatic heterocycles. The summed E-state index contributed by atoms with van der Waals surface area (Å²) in [5, 5.41) is 10.7. The van der Waals surface area contributed by atoms with E-state index >= 15 is 0 Å². The lowest BCUT2D eigenvalue weighted by Gasteiger charge is -2.04. The molecule has 0 unspecified atom stereocenters. The average Bonchev–Trinajstić information content (AvgIpc) is 2.80. The first kappa shape index (κ1) is 12.0. The van der Waals surface area contributed by atoms with Gasteiger partial charge in [-0.2, -0.15) is 4.39 Å². The van der Waals surface area contributed by atoms with Gasteiger partial charge in [-0.15, -0.1) is 0 Å².